The van der Waals surface area contributed by atoms with E-state index < -0.39 is 5.91 Å². The molecular formula is C23H22N8O3. The van der Waals surface area contributed by atoms with E-state index in [-0.39, 0.29) is 17.1 Å². The number of carbonyl (C=O) groups is 1. The van der Waals surface area contributed by atoms with Crippen molar-refractivity contribution >= 4 is 23.4 Å². The summed E-state index contributed by atoms with van der Waals surface area (Å²) in [4.78, 5) is 30.8. The number of ether oxygens (including phenoxy) is 1. The number of hydrogen-bond acceptors (Lipinski definition) is 8. The standard InChI is InChI=1S/C23H22N8O3/c1-14-9-10-20-26-27-21(31(14)20)16-6-4-8-19(24-16)25-22(33)15-12-30(28-23(15)34-3)17-7-5-11-29(2)18(17)13-32/h4-8,11-12,14H,9-10H2,1-3H3,(H,24,25,33)/t14-/m0/s1. The fraction of sp³-hybridized carbons (Fsp3) is 0.261. The van der Waals surface area contributed by atoms with Crippen molar-refractivity contribution < 1.29 is 14.3 Å². The van der Waals surface area contributed by atoms with Crippen LogP contribution in [0.25, 0.3) is 17.2 Å². The summed E-state index contributed by atoms with van der Waals surface area (Å²) in [5.74, 6) is 3.54. The molecule has 0 spiro atoms. The predicted molar refractivity (Wildman–Crippen MR) is 123 cm³/mol. The molecule has 3 aromatic heterocycles. The molecule has 0 bridgehead atoms. The SMILES string of the molecule is COc1nn(C2=CC=CN(C)C2=C=O)cc1C(=O)Nc1cccc(-c2nnc3n2[C@@H](C)CC3)n1. The first-order valence-corrected chi connectivity index (χ1v) is 10.7. The zero-order chi connectivity index (χ0) is 23.8. The Morgan fingerprint density at radius 1 is 1.29 bits per heavy atom. The molecule has 172 valence electrons. The Hall–Kier alpha value is -4.50. The summed E-state index contributed by atoms with van der Waals surface area (Å²) >= 11 is 0. The lowest BCUT2D eigenvalue weighted by molar-refractivity contribution is 0.102. The van der Waals surface area contributed by atoms with Gasteiger partial charge < -0.3 is 19.5 Å². The minimum absolute atomic E-state index is 0.112. The molecular weight excluding hydrogens is 436 g/mol. The average Bonchev–Trinajstić information content (AvgIpc) is 3.55. The zero-order valence-electron chi connectivity index (χ0n) is 18.9. The summed E-state index contributed by atoms with van der Waals surface area (Å²) in [6.07, 6.45) is 8.60. The van der Waals surface area contributed by atoms with Crippen LogP contribution in [0.2, 0.25) is 0 Å². The highest BCUT2D eigenvalue weighted by Crippen LogP contribution is 2.30. The van der Waals surface area contributed by atoms with Gasteiger partial charge in [-0.05, 0) is 37.6 Å². The van der Waals surface area contributed by atoms with Gasteiger partial charge in [0.05, 0.1) is 12.8 Å². The number of hydrogen-bond donors (Lipinski definition) is 1. The number of likely N-dealkylation sites (N-methyl/N-ethyl adjacent to an activating group) is 1. The molecule has 0 aliphatic carbocycles. The third-order valence-corrected chi connectivity index (χ3v) is 5.83. The van der Waals surface area contributed by atoms with Crippen molar-refractivity contribution in [2.24, 2.45) is 0 Å². The van der Waals surface area contributed by atoms with Crippen LogP contribution in [0.1, 0.15) is 35.6 Å². The van der Waals surface area contributed by atoms with Crippen LogP contribution in [0, 0.1) is 0 Å². The van der Waals surface area contributed by atoms with E-state index in [1.165, 1.54) is 18.0 Å². The van der Waals surface area contributed by atoms with E-state index in [9.17, 15) is 9.59 Å². The maximum Gasteiger partial charge on any atom is 0.263 e. The van der Waals surface area contributed by atoms with Crippen molar-refractivity contribution in [1.82, 2.24) is 34.4 Å². The van der Waals surface area contributed by atoms with Crippen LogP contribution < -0.4 is 10.1 Å². The topological polar surface area (TPSA) is 120 Å². The van der Waals surface area contributed by atoms with Gasteiger partial charge in [0.15, 0.2) is 17.5 Å². The van der Waals surface area contributed by atoms with Gasteiger partial charge in [0.25, 0.3) is 5.91 Å². The van der Waals surface area contributed by atoms with Gasteiger partial charge in [0.2, 0.25) is 5.88 Å². The fourth-order valence-corrected chi connectivity index (χ4v) is 4.11. The second-order valence-electron chi connectivity index (χ2n) is 8.01. The van der Waals surface area contributed by atoms with Gasteiger partial charge >= 0.3 is 0 Å². The van der Waals surface area contributed by atoms with E-state index in [0.717, 1.165) is 18.7 Å². The molecule has 0 saturated carbocycles. The summed E-state index contributed by atoms with van der Waals surface area (Å²) in [5, 5.41) is 15.7. The summed E-state index contributed by atoms with van der Waals surface area (Å²) in [6.45, 7) is 2.12. The number of carbonyl (C=O) groups excluding carboxylic acids is 2. The van der Waals surface area contributed by atoms with Gasteiger partial charge in [0, 0.05) is 31.9 Å². The number of pyridine rings is 1. The molecule has 5 heterocycles. The summed E-state index contributed by atoms with van der Waals surface area (Å²) < 4.78 is 8.82. The highest BCUT2D eigenvalue weighted by atomic mass is 16.5. The molecule has 1 amide bonds. The minimum Gasteiger partial charge on any atom is -0.479 e. The lowest BCUT2D eigenvalue weighted by Gasteiger charge is -2.20. The van der Waals surface area contributed by atoms with Crippen LogP contribution in [0.5, 0.6) is 5.88 Å². The molecule has 11 nitrogen and oxygen atoms in total. The molecule has 1 N–H and O–H groups in total. The second kappa shape index (κ2) is 8.45. The normalized spacial score (nSPS) is 16.8. The Labute approximate surface area is 195 Å². The van der Waals surface area contributed by atoms with Gasteiger partial charge in [-0.25, -0.2) is 14.5 Å². The molecule has 34 heavy (non-hydrogen) atoms. The molecule has 0 aromatic carbocycles. The molecule has 0 unspecified atom stereocenters. The summed E-state index contributed by atoms with van der Waals surface area (Å²) in [7, 11) is 3.15. The Balaban J connectivity index is 1.43. The Morgan fingerprint density at radius 3 is 2.94 bits per heavy atom. The van der Waals surface area contributed by atoms with Crippen LogP contribution in [-0.2, 0) is 11.2 Å². The number of nitrogens with one attached hydrogen (secondary N) is 1. The fourth-order valence-electron chi connectivity index (χ4n) is 4.11. The quantitative estimate of drug-likeness (QED) is 0.579. The van der Waals surface area contributed by atoms with E-state index in [4.69, 9.17) is 4.74 Å². The molecule has 1 atom stereocenters. The molecule has 0 saturated heterocycles. The first kappa shape index (κ1) is 21.4. The maximum atomic E-state index is 13.1. The first-order valence-electron chi connectivity index (χ1n) is 10.7. The van der Waals surface area contributed by atoms with Crippen LogP contribution in [-0.4, -0.2) is 60.4 Å². The van der Waals surface area contributed by atoms with Crippen molar-refractivity contribution in [3.63, 3.8) is 0 Å². The number of nitrogens with zero attached hydrogens (tertiary/aromatic N) is 7. The van der Waals surface area contributed by atoms with Crippen LogP contribution in [0.3, 0.4) is 0 Å². The highest BCUT2D eigenvalue weighted by molar-refractivity contribution is 6.05. The van der Waals surface area contributed by atoms with E-state index >= 15 is 0 Å². The average molecular weight is 458 g/mol. The van der Waals surface area contributed by atoms with Crippen molar-refractivity contribution in [3.05, 3.63) is 59.8 Å². The van der Waals surface area contributed by atoms with Gasteiger partial charge in [-0.2, -0.15) is 0 Å². The van der Waals surface area contributed by atoms with Gasteiger partial charge in [-0.15, -0.1) is 15.3 Å². The van der Waals surface area contributed by atoms with E-state index in [0.29, 0.717) is 29.1 Å². The van der Waals surface area contributed by atoms with Crippen molar-refractivity contribution in [2.75, 3.05) is 19.5 Å². The molecule has 11 heteroatoms. The lowest BCUT2D eigenvalue weighted by Crippen LogP contribution is -2.18. The van der Waals surface area contributed by atoms with Crippen molar-refractivity contribution in [3.8, 4) is 17.4 Å². The number of rotatable bonds is 5. The monoisotopic (exact) mass is 458 g/mol. The zero-order valence-corrected chi connectivity index (χ0v) is 18.9. The summed E-state index contributed by atoms with van der Waals surface area (Å²) in [6, 6.07) is 5.63. The van der Waals surface area contributed by atoms with Crippen molar-refractivity contribution in [2.45, 2.75) is 25.8 Å². The number of methoxy groups -OCH3 is 1. The summed E-state index contributed by atoms with van der Waals surface area (Å²) in [5.41, 5.74) is 1.56. The van der Waals surface area contributed by atoms with E-state index in [1.54, 1.807) is 42.4 Å². The Bertz CT molecular complexity index is 1390. The van der Waals surface area contributed by atoms with E-state index in [2.05, 4.69) is 37.1 Å². The number of aryl methyl sites for hydroxylation is 1. The van der Waals surface area contributed by atoms with E-state index in [1.807, 2.05) is 12.0 Å². The second-order valence-corrected chi connectivity index (χ2v) is 8.01. The van der Waals surface area contributed by atoms with Crippen LogP contribution >= 0.6 is 0 Å². The number of anilines is 1. The molecule has 0 fully saturated rings. The molecule has 2 aliphatic heterocycles. The first-order chi connectivity index (χ1) is 16.5. The number of amides is 1. The minimum atomic E-state index is -0.454. The number of fused-ring (bicyclic) bond motifs is 1. The molecule has 5 rings (SSSR count). The lowest BCUT2D eigenvalue weighted by atomic mass is 10.2. The van der Waals surface area contributed by atoms with Crippen LogP contribution in [0.4, 0.5) is 5.82 Å². The molecule has 0 radical (unpaired) electrons. The largest absolute Gasteiger partial charge is 0.479 e. The van der Waals surface area contributed by atoms with Gasteiger partial charge in [-0.1, -0.05) is 6.07 Å². The third kappa shape index (κ3) is 3.57. The Morgan fingerprint density at radius 2 is 2.15 bits per heavy atom. The van der Waals surface area contributed by atoms with Crippen LogP contribution in [0.15, 0.2) is 48.4 Å². The third-order valence-electron chi connectivity index (χ3n) is 5.83. The number of allylic oxidation sites excluding steroid dienone is 3. The Kier molecular flexibility index (Phi) is 5.31. The predicted octanol–water partition coefficient (Wildman–Crippen LogP) is 2.32. The van der Waals surface area contributed by atoms with Gasteiger partial charge in [0.1, 0.15) is 22.9 Å². The molecule has 2 aliphatic rings. The smallest absolute Gasteiger partial charge is 0.263 e. The maximum absolute atomic E-state index is 13.1. The van der Waals surface area contributed by atoms with Gasteiger partial charge in [-0.3, -0.25) is 4.79 Å². The highest BCUT2D eigenvalue weighted by Gasteiger charge is 2.26. The number of aromatic nitrogens is 6. The van der Waals surface area contributed by atoms with Crippen molar-refractivity contribution in [1.29, 1.82) is 0 Å². The molecule has 3 aromatic rings.